The third-order valence-electron chi connectivity index (χ3n) is 2.95. The average molecular weight is 302 g/mol. The van der Waals surface area contributed by atoms with Crippen LogP contribution in [-0.4, -0.2) is 13.1 Å². The van der Waals surface area contributed by atoms with E-state index >= 15 is 0 Å². The highest BCUT2D eigenvalue weighted by Crippen LogP contribution is 2.23. The van der Waals surface area contributed by atoms with Crippen LogP contribution in [0.2, 0.25) is 0 Å². The Morgan fingerprint density at radius 2 is 1.57 bits per heavy atom. The number of methoxy groups -OCH3 is 1. The summed E-state index contributed by atoms with van der Waals surface area (Å²) in [5.74, 6) is 2.04. The van der Waals surface area contributed by atoms with Crippen LogP contribution >= 0.6 is 0 Å². The van der Waals surface area contributed by atoms with Crippen molar-refractivity contribution >= 4 is 17.3 Å². The molecule has 112 valence electrons. The second kappa shape index (κ2) is 8.07. The normalized spacial score (nSPS) is 10.0. The van der Waals surface area contributed by atoms with Crippen molar-refractivity contribution in [1.29, 1.82) is 5.26 Å². The van der Waals surface area contributed by atoms with Crippen molar-refractivity contribution in [2.75, 3.05) is 12.0 Å². The number of rotatable bonds is 3. The molecule has 0 saturated heterocycles. The highest BCUT2D eigenvalue weighted by atomic mass is 16.5. The third kappa shape index (κ3) is 4.23. The molecule has 4 heteroatoms. The Morgan fingerprint density at radius 3 is 2.00 bits per heavy atom. The van der Waals surface area contributed by atoms with Crippen LogP contribution in [-0.2, 0) is 9.53 Å². The number of nitriles is 1. The van der Waals surface area contributed by atoms with Crippen molar-refractivity contribution in [2.45, 2.75) is 0 Å². The number of carbonyl (C=O) groups is 1. The molecule has 0 aliphatic carbocycles. The highest BCUT2D eigenvalue weighted by molar-refractivity contribution is 5.93. The van der Waals surface area contributed by atoms with E-state index in [9.17, 15) is 4.79 Å². The van der Waals surface area contributed by atoms with Crippen molar-refractivity contribution in [3.05, 3.63) is 72.3 Å². The number of hydrogen-bond donors (Lipinski definition) is 0. The zero-order chi connectivity index (χ0) is 16.5. The topological polar surface area (TPSA) is 53.3 Å². The zero-order valence-corrected chi connectivity index (χ0v) is 12.6. The molecular weight excluding hydrogens is 288 g/mol. The van der Waals surface area contributed by atoms with Crippen LogP contribution < -0.4 is 4.90 Å². The van der Waals surface area contributed by atoms with Gasteiger partial charge in [-0.05, 0) is 30.2 Å². The van der Waals surface area contributed by atoms with Crippen molar-refractivity contribution in [3.63, 3.8) is 0 Å². The maximum absolute atomic E-state index is 11.4. The molecule has 0 saturated carbocycles. The molecule has 0 radical (unpaired) electrons. The quantitative estimate of drug-likeness (QED) is 0.287. The average Bonchev–Trinajstić information content (AvgIpc) is 2.63. The molecule has 0 aliphatic heterocycles. The van der Waals surface area contributed by atoms with E-state index in [4.69, 9.17) is 5.26 Å². The Morgan fingerprint density at radius 1 is 1.04 bits per heavy atom. The number of nitrogens with zero attached hydrogens (tertiary/aromatic N) is 2. The fourth-order valence-electron chi connectivity index (χ4n) is 1.85. The van der Waals surface area contributed by atoms with Crippen LogP contribution in [0.3, 0.4) is 0 Å². The first-order valence-corrected chi connectivity index (χ1v) is 6.86. The summed E-state index contributed by atoms with van der Waals surface area (Å²) >= 11 is 0. The van der Waals surface area contributed by atoms with Crippen molar-refractivity contribution in [3.8, 4) is 18.0 Å². The molecule has 0 aromatic heterocycles. The van der Waals surface area contributed by atoms with Gasteiger partial charge < -0.3 is 4.74 Å². The minimum absolute atomic E-state index is 0.138. The number of para-hydroxylation sites is 2. The second-order valence-electron chi connectivity index (χ2n) is 4.42. The SMILES string of the molecule is COC(=O)/C(C#N)=C/C#CN(c1ccccc1)c1ccccc1. The minimum Gasteiger partial charge on any atom is -0.465 e. The first-order chi connectivity index (χ1) is 11.3. The van der Waals surface area contributed by atoms with Gasteiger partial charge in [0.1, 0.15) is 11.6 Å². The standard InChI is InChI=1S/C19H14N2O2/c1-23-19(22)16(15-20)9-8-14-21(17-10-4-2-5-11-17)18-12-6-3-7-13-18/h2-7,9-13H,1H3/b16-9+. The van der Waals surface area contributed by atoms with Crippen molar-refractivity contribution in [2.24, 2.45) is 0 Å². The molecule has 0 spiro atoms. The Labute approximate surface area is 135 Å². The molecule has 4 nitrogen and oxygen atoms in total. The van der Waals surface area contributed by atoms with E-state index in [1.165, 1.54) is 13.2 Å². The predicted octanol–water partition coefficient (Wildman–Crippen LogP) is 3.41. The van der Waals surface area contributed by atoms with Gasteiger partial charge in [-0.15, -0.1) is 0 Å². The first-order valence-electron chi connectivity index (χ1n) is 6.86. The number of allylic oxidation sites excluding steroid dienone is 1. The second-order valence-corrected chi connectivity index (χ2v) is 4.42. The number of hydrogen-bond acceptors (Lipinski definition) is 4. The molecule has 0 bridgehead atoms. The number of esters is 1. The van der Waals surface area contributed by atoms with Gasteiger partial charge in [-0.2, -0.15) is 5.26 Å². The lowest BCUT2D eigenvalue weighted by Crippen LogP contribution is -2.08. The van der Waals surface area contributed by atoms with Gasteiger partial charge >= 0.3 is 5.97 Å². The van der Waals surface area contributed by atoms with E-state index in [1.807, 2.05) is 60.7 Å². The van der Waals surface area contributed by atoms with Crippen LogP contribution in [0, 0.1) is 23.3 Å². The molecular formula is C19H14N2O2. The molecule has 0 heterocycles. The van der Waals surface area contributed by atoms with Gasteiger partial charge in [-0.25, -0.2) is 4.79 Å². The Balaban J connectivity index is 2.38. The van der Waals surface area contributed by atoms with Gasteiger partial charge in [0, 0.05) is 12.1 Å². The summed E-state index contributed by atoms with van der Waals surface area (Å²) in [5.41, 5.74) is 1.63. The lowest BCUT2D eigenvalue weighted by molar-refractivity contribution is -0.135. The predicted molar refractivity (Wildman–Crippen MR) is 88.5 cm³/mol. The largest absolute Gasteiger partial charge is 0.465 e. The molecule has 2 aromatic carbocycles. The molecule has 0 N–H and O–H groups in total. The summed E-state index contributed by atoms with van der Waals surface area (Å²) in [6, 6.07) is 23.9. The molecule has 0 amide bonds. The third-order valence-corrected chi connectivity index (χ3v) is 2.95. The highest BCUT2D eigenvalue weighted by Gasteiger charge is 2.07. The summed E-state index contributed by atoms with van der Waals surface area (Å²) in [6.07, 6.45) is 1.25. The lowest BCUT2D eigenvalue weighted by Gasteiger charge is -2.17. The van der Waals surface area contributed by atoms with Gasteiger partial charge in [0.05, 0.1) is 18.5 Å². The summed E-state index contributed by atoms with van der Waals surface area (Å²) in [6.45, 7) is 0. The summed E-state index contributed by atoms with van der Waals surface area (Å²) in [4.78, 5) is 13.1. The van der Waals surface area contributed by atoms with Crippen molar-refractivity contribution in [1.82, 2.24) is 0 Å². The van der Waals surface area contributed by atoms with Gasteiger partial charge in [0.2, 0.25) is 0 Å². The fraction of sp³-hybridized carbons (Fsp3) is 0.0526. The van der Waals surface area contributed by atoms with Crippen LogP contribution in [0.25, 0.3) is 0 Å². The smallest absolute Gasteiger partial charge is 0.349 e. The Bertz CT molecular complexity index is 755. The van der Waals surface area contributed by atoms with Crippen LogP contribution in [0.1, 0.15) is 0 Å². The summed E-state index contributed by atoms with van der Waals surface area (Å²) in [5, 5.41) is 8.93. The monoisotopic (exact) mass is 302 g/mol. The number of anilines is 2. The maximum Gasteiger partial charge on any atom is 0.349 e. The van der Waals surface area contributed by atoms with E-state index < -0.39 is 5.97 Å². The first kappa shape index (κ1) is 15.9. The maximum atomic E-state index is 11.4. The Hall–Kier alpha value is -3.50. The van der Waals surface area contributed by atoms with Gasteiger partial charge in [0.15, 0.2) is 0 Å². The molecule has 0 unspecified atom stereocenters. The van der Waals surface area contributed by atoms with E-state index in [2.05, 4.69) is 16.7 Å². The molecule has 0 fully saturated rings. The summed E-state index contributed by atoms with van der Waals surface area (Å²) in [7, 11) is 1.22. The van der Waals surface area contributed by atoms with Crippen molar-refractivity contribution < 1.29 is 9.53 Å². The number of carbonyl (C=O) groups excluding carboxylic acids is 1. The van der Waals surface area contributed by atoms with Gasteiger partial charge in [0.25, 0.3) is 0 Å². The number of ether oxygens (including phenoxy) is 1. The molecule has 2 aromatic rings. The van der Waals surface area contributed by atoms with E-state index in [0.29, 0.717) is 0 Å². The zero-order valence-electron chi connectivity index (χ0n) is 12.6. The molecule has 0 atom stereocenters. The van der Waals surface area contributed by atoms with Crippen LogP contribution in [0.15, 0.2) is 72.3 Å². The van der Waals surface area contributed by atoms with Gasteiger partial charge in [-0.1, -0.05) is 36.4 Å². The fourth-order valence-corrected chi connectivity index (χ4v) is 1.85. The molecule has 0 aliphatic rings. The van der Waals surface area contributed by atoms with Crippen LogP contribution in [0.4, 0.5) is 11.4 Å². The van der Waals surface area contributed by atoms with Gasteiger partial charge in [-0.3, -0.25) is 4.90 Å². The van der Waals surface area contributed by atoms with E-state index in [-0.39, 0.29) is 5.57 Å². The van der Waals surface area contributed by atoms with Crippen LogP contribution in [0.5, 0.6) is 0 Å². The molecule has 2 rings (SSSR count). The minimum atomic E-state index is -0.701. The van der Waals surface area contributed by atoms with E-state index in [0.717, 1.165) is 11.4 Å². The lowest BCUT2D eigenvalue weighted by atomic mass is 10.2. The Kier molecular flexibility index (Phi) is 5.57. The number of benzene rings is 2. The summed E-state index contributed by atoms with van der Waals surface area (Å²) < 4.78 is 4.52. The molecule has 23 heavy (non-hydrogen) atoms. The van der Waals surface area contributed by atoms with E-state index in [1.54, 1.807) is 11.0 Å².